The molecular weight excluding hydrogens is 328 g/mol. The van der Waals surface area contributed by atoms with Gasteiger partial charge in [-0.2, -0.15) is 0 Å². The molecule has 1 aromatic heterocycles. The predicted molar refractivity (Wildman–Crippen MR) is 90.9 cm³/mol. The second-order valence-corrected chi connectivity index (χ2v) is 6.55. The summed E-state index contributed by atoms with van der Waals surface area (Å²) in [6.45, 7) is 2.86. The molecule has 2 aromatic rings. The number of nitro benzene ring substituents is 1. The van der Waals surface area contributed by atoms with Gasteiger partial charge in [-0.1, -0.05) is 19.1 Å². The number of carbonyl (C=O) groups excluding carboxylic acids is 1. The molecule has 8 heteroatoms. The fourth-order valence-corrected chi connectivity index (χ4v) is 3.69. The molecule has 0 saturated carbocycles. The standard InChI is InChI=1S/C16H18N4O3S/c1-2-13(15-17-7-9-24-15)18-16(21)19-8-6-12-11(10-19)4-3-5-14(12)20(22)23/h3-5,7,9,13H,2,6,8,10H2,1H3,(H,18,21)/t13-/m0/s1. The van der Waals surface area contributed by atoms with Gasteiger partial charge in [0.15, 0.2) is 0 Å². The molecule has 3 rings (SSSR count). The van der Waals surface area contributed by atoms with Crippen molar-refractivity contribution in [2.75, 3.05) is 6.54 Å². The topological polar surface area (TPSA) is 88.4 Å². The molecule has 0 aliphatic carbocycles. The first kappa shape index (κ1) is 16.4. The van der Waals surface area contributed by atoms with Crippen LogP contribution in [-0.2, 0) is 13.0 Å². The summed E-state index contributed by atoms with van der Waals surface area (Å²) in [5.74, 6) is 0. The van der Waals surface area contributed by atoms with Gasteiger partial charge < -0.3 is 10.2 Å². The maximum Gasteiger partial charge on any atom is 0.318 e. The number of aromatic nitrogens is 1. The number of hydrogen-bond donors (Lipinski definition) is 1. The minimum Gasteiger partial charge on any atom is -0.329 e. The third-order valence-electron chi connectivity index (χ3n) is 4.18. The molecule has 0 unspecified atom stereocenters. The lowest BCUT2D eigenvalue weighted by molar-refractivity contribution is -0.385. The van der Waals surface area contributed by atoms with Gasteiger partial charge in [-0.15, -0.1) is 11.3 Å². The molecule has 0 spiro atoms. The zero-order chi connectivity index (χ0) is 17.1. The van der Waals surface area contributed by atoms with E-state index in [1.807, 2.05) is 18.4 Å². The number of fused-ring (bicyclic) bond motifs is 1. The van der Waals surface area contributed by atoms with E-state index in [0.29, 0.717) is 19.5 Å². The van der Waals surface area contributed by atoms with E-state index in [9.17, 15) is 14.9 Å². The number of carbonyl (C=O) groups is 1. The van der Waals surface area contributed by atoms with Crippen molar-refractivity contribution in [1.29, 1.82) is 0 Å². The fraction of sp³-hybridized carbons (Fsp3) is 0.375. The van der Waals surface area contributed by atoms with Gasteiger partial charge in [0, 0.05) is 36.3 Å². The van der Waals surface area contributed by atoms with Gasteiger partial charge in [0.05, 0.1) is 11.0 Å². The van der Waals surface area contributed by atoms with E-state index < -0.39 is 0 Å². The van der Waals surface area contributed by atoms with Gasteiger partial charge >= 0.3 is 6.03 Å². The smallest absolute Gasteiger partial charge is 0.318 e. The molecule has 1 aliphatic rings. The molecule has 0 bridgehead atoms. The van der Waals surface area contributed by atoms with Crippen LogP contribution < -0.4 is 5.32 Å². The summed E-state index contributed by atoms with van der Waals surface area (Å²) >= 11 is 1.52. The van der Waals surface area contributed by atoms with Crippen molar-refractivity contribution >= 4 is 23.1 Å². The number of rotatable bonds is 4. The van der Waals surface area contributed by atoms with Gasteiger partial charge in [0.25, 0.3) is 5.69 Å². The Hall–Kier alpha value is -2.48. The number of nitro groups is 1. The summed E-state index contributed by atoms with van der Waals surface area (Å²) in [4.78, 5) is 29.3. The summed E-state index contributed by atoms with van der Waals surface area (Å²) < 4.78 is 0. The maximum absolute atomic E-state index is 12.5. The highest BCUT2D eigenvalue weighted by atomic mass is 32.1. The van der Waals surface area contributed by atoms with Crippen LogP contribution in [0.5, 0.6) is 0 Å². The lowest BCUT2D eigenvalue weighted by Crippen LogP contribution is -2.44. The molecule has 0 radical (unpaired) electrons. The average molecular weight is 346 g/mol. The summed E-state index contributed by atoms with van der Waals surface area (Å²) in [5, 5.41) is 16.9. The summed E-state index contributed by atoms with van der Waals surface area (Å²) in [6, 6.07) is 4.77. The molecule has 2 heterocycles. The fourth-order valence-electron chi connectivity index (χ4n) is 2.92. The van der Waals surface area contributed by atoms with Gasteiger partial charge in [0.2, 0.25) is 0 Å². The molecule has 1 aliphatic heterocycles. The van der Waals surface area contributed by atoms with E-state index >= 15 is 0 Å². The van der Waals surface area contributed by atoms with Crippen molar-refractivity contribution in [3.8, 4) is 0 Å². The third kappa shape index (κ3) is 3.23. The monoisotopic (exact) mass is 346 g/mol. The van der Waals surface area contributed by atoms with E-state index in [1.165, 1.54) is 17.4 Å². The largest absolute Gasteiger partial charge is 0.329 e. The SMILES string of the molecule is CC[C@H](NC(=O)N1CCc2c(cccc2[N+](=O)[O-])C1)c1nccs1. The molecule has 2 amide bonds. The first-order valence-electron chi connectivity index (χ1n) is 7.80. The van der Waals surface area contributed by atoms with Crippen LogP contribution in [0.1, 0.15) is 35.5 Å². The Kier molecular flexibility index (Phi) is 4.75. The maximum atomic E-state index is 12.5. The first-order chi connectivity index (χ1) is 11.6. The predicted octanol–water partition coefficient (Wildman–Crippen LogP) is 3.27. The van der Waals surface area contributed by atoms with Crippen molar-refractivity contribution in [3.63, 3.8) is 0 Å². The van der Waals surface area contributed by atoms with E-state index in [1.54, 1.807) is 17.2 Å². The molecule has 1 atom stereocenters. The van der Waals surface area contributed by atoms with E-state index in [-0.39, 0.29) is 22.7 Å². The first-order valence-corrected chi connectivity index (χ1v) is 8.68. The number of hydrogen-bond acceptors (Lipinski definition) is 5. The summed E-state index contributed by atoms with van der Waals surface area (Å²) in [6.07, 6.45) is 2.98. The molecule has 1 N–H and O–H groups in total. The quantitative estimate of drug-likeness (QED) is 0.680. The minimum atomic E-state index is -0.357. The number of nitrogens with one attached hydrogen (secondary N) is 1. The lowest BCUT2D eigenvalue weighted by Gasteiger charge is -2.30. The van der Waals surface area contributed by atoms with Gasteiger partial charge in [-0.3, -0.25) is 10.1 Å². The zero-order valence-electron chi connectivity index (χ0n) is 13.3. The normalized spacial score (nSPS) is 14.8. The minimum absolute atomic E-state index is 0.107. The molecule has 1 aromatic carbocycles. The van der Waals surface area contributed by atoms with Crippen LogP contribution >= 0.6 is 11.3 Å². The van der Waals surface area contributed by atoms with Gasteiger partial charge in [0.1, 0.15) is 5.01 Å². The lowest BCUT2D eigenvalue weighted by atomic mass is 9.98. The highest BCUT2D eigenvalue weighted by Crippen LogP contribution is 2.28. The Morgan fingerprint density at radius 2 is 2.38 bits per heavy atom. The molecule has 24 heavy (non-hydrogen) atoms. The molecule has 126 valence electrons. The van der Waals surface area contributed by atoms with Crippen LogP contribution in [0.3, 0.4) is 0 Å². The summed E-state index contributed by atoms with van der Waals surface area (Å²) in [7, 11) is 0. The molecule has 7 nitrogen and oxygen atoms in total. The van der Waals surface area contributed by atoms with Crippen LogP contribution in [0.25, 0.3) is 0 Å². The van der Waals surface area contributed by atoms with Crippen molar-refractivity contribution in [2.24, 2.45) is 0 Å². The number of urea groups is 1. The van der Waals surface area contributed by atoms with E-state index in [4.69, 9.17) is 0 Å². The Morgan fingerprint density at radius 3 is 3.04 bits per heavy atom. The second kappa shape index (κ2) is 6.96. The van der Waals surface area contributed by atoms with E-state index in [0.717, 1.165) is 22.6 Å². The number of nitrogens with zero attached hydrogens (tertiary/aromatic N) is 3. The Morgan fingerprint density at radius 1 is 1.54 bits per heavy atom. The highest BCUT2D eigenvalue weighted by Gasteiger charge is 2.27. The molecule has 0 saturated heterocycles. The molecular formula is C16H18N4O3S. The van der Waals surface area contributed by atoms with Crippen molar-refractivity contribution in [2.45, 2.75) is 32.4 Å². The van der Waals surface area contributed by atoms with Crippen LogP contribution in [0.4, 0.5) is 10.5 Å². The number of thiazole rings is 1. The summed E-state index contributed by atoms with van der Waals surface area (Å²) in [5.41, 5.74) is 1.72. The van der Waals surface area contributed by atoms with Crippen molar-refractivity contribution < 1.29 is 9.72 Å². The second-order valence-electron chi connectivity index (χ2n) is 5.62. The van der Waals surface area contributed by atoms with Crippen LogP contribution in [0.15, 0.2) is 29.8 Å². The van der Waals surface area contributed by atoms with E-state index in [2.05, 4.69) is 10.3 Å². The van der Waals surface area contributed by atoms with Crippen molar-refractivity contribution in [1.82, 2.24) is 15.2 Å². The number of amides is 2. The number of benzene rings is 1. The highest BCUT2D eigenvalue weighted by molar-refractivity contribution is 7.09. The average Bonchev–Trinajstić information content (AvgIpc) is 3.12. The zero-order valence-corrected chi connectivity index (χ0v) is 14.1. The van der Waals surface area contributed by atoms with Gasteiger partial charge in [-0.05, 0) is 18.4 Å². The van der Waals surface area contributed by atoms with Crippen LogP contribution in [0, 0.1) is 10.1 Å². The Bertz CT molecular complexity index is 748. The van der Waals surface area contributed by atoms with Crippen molar-refractivity contribution in [3.05, 3.63) is 56.0 Å². The third-order valence-corrected chi connectivity index (χ3v) is 5.07. The Labute approximate surface area is 143 Å². The van der Waals surface area contributed by atoms with Crippen LogP contribution in [0.2, 0.25) is 0 Å². The molecule has 0 fully saturated rings. The van der Waals surface area contributed by atoms with Crippen LogP contribution in [-0.4, -0.2) is 27.4 Å². The van der Waals surface area contributed by atoms with Gasteiger partial charge in [-0.25, -0.2) is 9.78 Å². The Balaban J connectivity index is 1.72.